The highest BCUT2D eigenvalue weighted by Gasteiger charge is 2.62. The standard InChI is InChI=1S/C24H38O3S.C22H34O3S.C20H33BO5S.2C11H17F3O3S.C10H18O.C8H5F6NO4S2/c1-10-26-22(25)21(27-24(7,8)9)20-16(3)28-15(2)19(20)17-11-13-18(14-12-17)23(4,5)6;1-13-17(15-9-11-16(12-10-15)21(3,4)5)18(14(2)26-13)19(20(23)24)25-22(6,7)8;1-11-23-17(22)16(24-18(4,5)6)14-12(2)27-13(3)15(14)21-25-19(7,8)20(9,10)26-21;2*1-10(2,3)8-4-6-9(7-5-8)17-18(15,16)11(12,13)14;1-10(2,3)8-4-6-9(11)7-5-8;9-7(10,11)20(16,17)15(6-4-2-1-3-5-6)21(18,19)8(12,13)14/h11,18,21H,10,12-14H2,1-9H3;9,16,19H,10-12H2,1-8H3,(H,23,24);16H,11H2,1-10H3;2*6,8H,4-5,7H2,1-3H3;8H,4-7H2,1-3H3;1-5H. The number of Topliss-reactive ketones (excluding diaryl/α,β-unsaturated/α-hetero) is 1. The van der Waals surface area contributed by atoms with Gasteiger partial charge in [-0.05, 0) is 326 Å². The number of ether oxygens (including phenoxy) is 5. The number of nitrogens with zero attached hydrogens (tertiary/aromatic N) is 1. The summed E-state index contributed by atoms with van der Waals surface area (Å²) in [5.41, 5.74) is -17.2. The zero-order chi connectivity index (χ0) is 115. The molecule has 43 heteroatoms. The maximum atomic E-state index is 12.8. The normalized spacial score (nSPS) is 19.8. The number of ketones is 1. The van der Waals surface area contributed by atoms with Crippen molar-refractivity contribution in [3.05, 3.63) is 123 Å². The number of aliphatic carboxylic acids is 1. The molecule has 0 amide bonds. The fraction of sp³-hybridized carbons (Fsp3) is 0.717. The van der Waals surface area contributed by atoms with Crippen LogP contribution in [0.15, 0.2) is 66.2 Å². The number of allylic oxidation sites excluding steroid dienone is 8. The average Bonchev–Trinajstić information content (AvgIpc) is 1.73. The molecule has 7 unspecified atom stereocenters. The van der Waals surface area contributed by atoms with Gasteiger partial charge in [-0.25, -0.2) is 14.4 Å². The molecule has 4 aromatic rings. The molecule has 4 heterocycles. The molecule has 1 saturated carbocycles. The molecule has 2 fully saturated rings. The summed E-state index contributed by atoms with van der Waals surface area (Å²) >= 11 is 5.07. The minimum absolute atomic E-state index is 0.0466. The van der Waals surface area contributed by atoms with E-state index >= 15 is 0 Å². The number of esters is 2. The summed E-state index contributed by atoms with van der Waals surface area (Å²) in [6, 6.07) is 3.85. The lowest BCUT2D eigenvalue weighted by Gasteiger charge is -2.34. The van der Waals surface area contributed by atoms with Gasteiger partial charge in [0.1, 0.15) is 17.3 Å². The second-order valence-corrected chi connectivity index (χ2v) is 58.7. The Morgan fingerprint density at radius 2 is 0.685 bits per heavy atom. The topological polar surface area (TPSA) is 311 Å². The summed E-state index contributed by atoms with van der Waals surface area (Å²) in [7, 11) is -25.2. The van der Waals surface area contributed by atoms with E-state index < -0.39 is 131 Å². The van der Waals surface area contributed by atoms with E-state index in [9.17, 15) is 111 Å². The number of hydrogen-bond donors (Lipinski definition) is 1. The van der Waals surface area contributed by atoms with Gasteiger partial charge >= 0.3 is 87.3 Å². The van der Waals surface area contributed by atoms with Crippen LogP contribution in [0.25, 0.3) is 11.1 Å². The van der Waals surface area contributed by atoms with Gasteiger partial charge in [-0.15, -0.1) is 37.7 Å². The highest BCUT2D eigenvalue weighted by Crippen LogP contribution is 2.52. The van der Waals surface area contributed by atoms with Gasteiger partial charge in [0, 0.05) is 77.1 Å². The molecule has 149 heavy (non-hydrogen) atoms. The van der Waals surface area contributed by atoms with Crippen LogP contribution >= 0.6 is 34.0 Å². The molecule has 3 aromatic heterocycles. The third-order valence-electron chi connectivity index (χ3n) is 26.7. The highest BCUT2D eigenvalue weighted by molar-refractivity contribution is 8.11. The van der Waals surface area contributed by atoms with Crippen LogP contribution in [-0.2, 0) is 101 Å². The molecule has 7 atom stereocenters. The quantitative estimate of drug-likeness (QED) is 0.0266. The Morgan fingerprint density at radius 3 is 0.953 bits per heavy atom. The number of thiophene rings is 3. The molecule has 0 spiro atoms. The minimum Gasteiger partial charge on any atom is -0.479 e. The lowest BCUT2D eigenvalue weighted by Crippen LogP contribution is -2.49. The summed E-state index contributed by atoms with van der Waals surface area (Å²) in [5, 5.41) is 9.86. The largest absolute Gasteiger partial charge is 0.534 e. The molecule has 5 aliphatic carbocycles. The third kappa shape index (κ3) is 38.5. The Kier molecular flexibility index (Phi) is 46.4. The molecule has 1 saturated heterocycles. The molecular formula is C106H162BF12NO22S7. The third-order valence-corrected chi connectivity index (χ3v) is 35.5. The van der Waals surface area contributed by atoms with Crippen molar-refractivity contribution in [1.29, 1.82) is 0 Å². The first kappa shape index (κ1) is 135. The number of carbonyl (C=O) groups excluding carboxylic acids is 3. The molecule has 0 bridgehead atoms. The molecule has 852 valence electrons. The molecule has 23 nitrogen and oxygen atoms in total. The number of carboxylic acids is 1. The van der Waals surface area contributed by atoms with Crippen LogP contribution in [-0.4, -0.2) is 133 Å². The van der Waals surface area contributed by atoms with Crippen LogP contribution < -0.4 is 9.17 Å². The summed E-state index contributed by atoms with van der Waals surface area (Å²) < 4.78 is 283. The smallest absolute Gasteiger partial charge is 0.479 e. The van der Waals surface area contributed by atoms with Crippen molar-refractivity contribution in [2.75, 3.05) is 16.9 Å². The number of benzene rings is 1. The first-order chi connectivity index (χ1) is 66.9. The van der Waals surface area contributed by atoms with E-state index in [0.29, 0.717) is 96.7 Å². The molecule has 0 radical (unpaired) electrons. The molecule has 1 aliphatic heterocycles. The van der Waals surface area contributed by atoms with Gasteiger partial charge in [-0.3, -0.25) is 4.79 Å². The maximum absolute atomic E-state index is 12.8. The Balaban J connectivity index is 0.000000367. The van der Waals surface area contributed by atoms with Crippen LogP contribution in [0, 0.1) is 98.2 Å². The van der Waals surface area contributed by atoms with Crippen molar-refractivity contribution in [2.24, 2.45) is 56.7 Å². The lowest BCUT2D eigenvalue weighted by atomic mass is 9.72. The predicted octanol–water partition coefficient (Wildman–Crippen LogP) is 29.8. The molecule has 10 rings (SSSR count). The number of aryl methyl sites for hydroxylation is 6. The Labute approximate surface area is 890 Å². The number of anilines is 1. The second kappa shape index (κ2) is 51.3. The fourth-order valence-corrected chi connectivity index (χ4v) is 24.8. The van der Waals surface area contributed by atoms with E-state index in [-0.39, 0.29) is 47.1 Å². The highest BCUT2D eigenvalue weighted by atomic mass is 32.3. The lowest BCUT2D eigenvalue weighted by molar-refractivity contribution is -0.167. The summed E-state index contributed by atoms with van der Waals surface area (Å²) in [6.45, 7) is 75.3. The van der Waals surface area contributed by atoms with Crippen molar-refractivity contribution in [3.63, 3.8) is 0 Å². The van der Waals surface area contributed by atoms with Crippen LogP contribution in [0.4, 0.5) is 58.4 Å². The van der Waals surface area contributed by atoms with Gasteiger partial charge in [0.15, 0.2) is 18.3 Å². The molecular weight excluding hydrogens is 2100 g/mol. The van der Waals surface area contributed by atoms with Gasteiger partial charge in [0.25, 0.3) is 0 Å². The van der Waals surface area contributed by atoms with E-state index in [0.717, 1.165) is 129 Å². The number of carbonyl (C=O) groups is 4. The van der Waals surface area contributed by atoms with Crippen LogP contribution in [0.3, 0.4) is 0 Å². The van der Waals surface area contributed by atoms with Gasteiger partial charge < -0.3 is 46.5 Å². The van der Waals surface area contributed by atoms with E-state index in [2.05, 4.69) is 104 Å². The number of rotatable bonds is 21. The fourth-order valence-electron chi connectivity index (χ4n) is 17.7. The van der Waals surface area contributed by atoms with Crippen molar-refractivity contribution in [2.45, 2.75) is 420 Å². The zero-order valence-corrected chi connectivity index (χ0v) is 99.2. The second-order valence-electron chi connectivity index (χ2n) is 47.5. The van der Waals surface area contributed by atoms with Crippen LogP contribution in [0.1, 0.15) is 386 Å². The zero-order valence-electron chi connectivity index (χ0n) is 93.5. The number of sulfonamides is 2. The summed E-state index contributed by atoms with van der Waals surface area (Å²) in [5.74, 6) is 1.45. The van der Waals surface area contributed by atoms with Crippen molar-refractivity contribution in [1.82, 2.24) is 0 Å². The van der Waals surface area contributed by atoms with E-state index in [1.165, 1.54) is 45.0 Å². The van der Waals surface area contributed by atoms with Crippen LogP contribution in [0.2, 0.25) is 0 Å². The number of para-hydroxylation sites is 1. The first-order valence-electron chi connectivity index (χ1n) is 50.0. The van der Waals surface area contributed by atoms with Gasteiger partial charge in [-0.1, -0.05) is 134 Å². The predicted molar refractivity (Wildman–Crippen MR) is 565 cm³/mol. The van der Waals surface area contributed by atoms with Gasteiger partial charge in [0.2, 0.25) is 0 Å². The van der Waals surface area contributed by atoms with Crippen molar-refractivity contribution in [3.8, 4) is 0 Å². The SMILES string of the molecule is CC(C)(C)C1CC=C(OS(=O)(=O)C(F)(F)F)CC1.CC(C)(C)C1CC=C(OS(=O)(=O)C(F)(F)F)CC1.CC(C)(C)C1CCC(=O)CC1.CCOC(=O)C(OC(C)(C)C)c1c(C)sc(C)c1B1OC(C)(C)C(C)(C)O1.CCOC(=O)C(OC(C)(C)C)c1c(C)sc(C)c1C1=CCC(C(C)(C)C)CC1.Cc1sc(C)c(C(OC(C)(C)C)C(=O)O)c1C1=CCC(C(C)(C)C)CC1.O=S(=O)(N(c1ccccc1)S(=O)(=O)C(F)(F)F)C(F)(F)F. The van der Waals surface area contributed by atoms with E-state index in [1.54, 1.807) is 40.9 Å². The van der Waals surface area contributed by atoms with Crippen molar-refractivity contribution < 1.29 is 152 Å². The molecule has 1 aromatic carbocycles. The Bertz CT molecular complexity index is 5640. The summed E-state index contributed by atoms with van der Waals surface area (Å²) in [4.78, 5) is 55.3. The number of hydrogen-bond acceptors (Lipinski definition) is 24. The average molecular weight is 2270 g/mol. The number of carboxylic acid groups (broad SMARTS) is 1. The molecule has 1 N–H and O–H groups in total. The Morgan fingerprint density at radius 1 is 0.403 bits per heavy atom. The monoisotopic (exact) mass is 2260 g/mol. The summed E-state index contributed by atoms with van der Waals surface area (Å²) in [6.07, 6.45) is 18.4. The molecule has 6 aliphatic rings. The first-order valence-corrected chi connectivity index (χ1v) is 58.1. The Hall–Kier alpha value is -6.42. The van der Waals surface area contributed by atoms with Gasteiger partial charge in [-0.2, -0.15) is 86.4 Å². The minimum atomic E-state index is -6.81. The van der Waals surface area contributed by atoms with E-state index in [1.807, 2.05) is 159 Å². The van der Waals surface area contributed by atoms with Crippen LogP contribution in [0.5, 0.6) is 0 Å². The van der Waals surface area contributed by atoms with E-state index in [4.69, 9.17) is 33.0 Å². The van der Waals surface area contributed by atoms with Gasteiger partial charge in [0.05, 0.1) is 46.9 Å². The number of halogens is 12. The maximum Gasteiger partial charge on any atom is 0.534 e. The number of alkyl halides is 12. The van der Waals surface area contributed by atoms with Crippen molar-refractivity contribution >= 4 is 127 Å².